The van der Waals surface area contributed by atoms with Gasteiger partial charge < -0.3 is 25.0 Å². The molecule has 1 saturated heterocycles. The molecule has 286 valence electrons. The number of cyclic esters (lactones) is 1. The van der Waals surface area contributed by atoms with Crippen molar-refractivity contribution >= 4 is 46.0 Å². The van der Waals surface area contributed by atoms with E-state index in [0.717, 1.165) is 29.5 Å². The Bertz CT molecular complexity index is 1840. The summed E-state index contributed by atoms with van der Waals surface area (Å²) in [5.74, 6) is -2.80. The molecule has 3 heterocycles. The lowest BCUT2D eigenvalue weighted by Gasteiger charge is -2.32. The first-order chi connectivity index (χ1) is 25.2. The third-order valence-electron chi connectivity index (χ3n) is 11.6. The van der Waals surface area contributed by atoms with Crippen LogP contribution in [0.3, 0.4) is 0 Å². The van der Waals surface area contributed by atoms with Crippen molar-refractivity contribution in [3.05, 3.63) is 53.6 Å². The highest BCUT2D eigenvalue weighted by Gasteiger charge is 2.62. The zero-order chi connectivity index (χ0) is 37.7. The van der Waals surface area contributed by atoms with Gasteiger partial charge >= 0.3 is 12.2 Å². The lowest BCUT2D eigenvalue weighted by molar-refractivity contribution is -0.142. The van der Waals surface area contributed by atoms with Crippen molar-refractivity contribution in [1.29, 1.82) is 0 Å². The molecule has 0 radical (unpaired) electrons. The zero-order valence-electron chi connectivity index (χ0n) is 30.3. The first-order valence-electron chi connectivity index (χ1n) is 18.7. The van der Waals surface area contributed by atoms with E-state index in [9.17, 15) is 32.4 Å². The van der Waals surface area contributed by atoms with Crippen LogP contribution in [0, 0.1) is 17.3 Å². The second kappa shape index (κ2) is 14.1. The lowest BCUT2D eigenvalue weighted by Crippen LogP contribution is -2.59. The van der Waals surface area contributed by atoms with Crippen LogP contribution >= 0.6 is 0 Å². The number of benzene rings is 1. The first-order valence-corrected chi connectivity index (χ1v) is 20.2. The Balaban J connectivity index is 1.18. The van der Waals surface area contributed by atoms with Crippen molar-refractivity contribution in [1.82, 2.24) is 25.2 Å². The molecule has 15 heteroatoms. The average Bonchev–Trinajstić information content (AvgIpc) is 3.89. The maximum absolute atomic E-state index is 14.6. The van der Waals surface area contributed by atoms with Crippen LogP contribution in [0.25, 0.3) is 6.08 Å². The summed E-state index contributed by atoms with van der Waals surface area (Å²) >= 11 is 0. The highest BCUT2D eigenvalue weighted by molar-refractivity contribution is 7.91. The molecule has 5 atom stereocenters. The number of hydrogen-bond acceptors (Lipinski definition) is 9. The summed E-state index contributed by atoms with van der Waals surface area (Å²) in [4.78, 5) is 72.2. The molecule has 1 aromatic carbocycles. The van der Waals surface area contributed by atoms with E-state index in [1.165, 1.54) is 11.0 Å². The number of rotatable bonds is 7. The fourth-order valence-electron chi connectivity index (χ4n) is 8.19. The summed E-state index contributed by atoms with van der Waals surface area (Å²) in [6.45, 7) is 8.38. The lowest BCUT2D eigenvalue weighted by atomic mass is 9.90. The Morgan fingerprint density at radius 3 is 2.53 bits per heavy atom. The van der Waals surface area contributed by atoms with Crippen molar-refractivity contribution in [3.63, 3.8) is 0 Å². The van der Waals surface area contributed by atoms with Crippen LogP contribution < -0.4 is 15.4 Å². The molecule has 3 N–H and O–H groups in total. The SMILES string of the molecule is C=C[C@H]1C[C@]1(NC(=O)[C@@H]1C[C@@H]2CN1C(=O)[C@H](C1CCCC1)NC(=O)OCC(C)(C)C/C=C/c1cccc3c1CN(C3)C(=O)O2)C(=O)NS(=O)(=O)C1CC1. The van der Waals surface area contributed by atoms with Crippen LogP contribution in [0.1, 0.15) is 88.3 Å². The topological polar surface area (TPSA) is 181 Å². The summed E-state index contributed by atoms with van der Waals surface area (Å²) in [7, 11) is -3.91. The van der Waals surface area contributed by atoms with E-state index in [4.69, 9.17) is 9.47 Å². The molecule has 14 nitrogen and oxygen atoms in total. The van der Waals surface area contributed by atoms with Crippen LogP contribution in [-0.2, 0) is 47.0 Å². The van der Waals surface area contributed by atoms with Gasteiger partial charge in [0.25, 0.3) is 5.91 Å². The van der Waals surface area contributed by atoms with Gasteiger partial charge in [0.05, 0.1) is 24.9 Å². The molecule has 0 aromatic heterocycles. The number of hydrogen-bond donors (Lipinski definition) is 3. The molecule has 1 aromatic rings. The van der Waals surface area contributed by atoms with Gasteiger partial charge in [-0.15, -0.1) is 6.58 Å². The molecule has 6 aliphatic rings. The first kappa shape index (κ1) is 36.9. The zero-order valence-corrected chi connectivity index (χ0v) is 31.1. The van der Waals surface area contributed by atoms with Gasteiger partial charge in [-0.2, -0.15) is 0 Å². The monoisotopic (exact) mass is 751 g/mol. The van der Waals surface area contributed by atoms with E-state index >= 15 is 0 Å². The van der Waals surface area contributed by atoms with Gasteiger partial charge in [-0.1, -0.05) is 63.1 Å². The number of nitrogens with one attached hydrogen (secondary N) is 3. The minimum atomic E-state index is -3.91. The Morgan fingerprint density at radius 2 is 1.83 bits per heavy atom. The van der Waals surface area contributed by atoms with Gasteiger partial charge in [0, 0.05) is 24.3 Å². The number of fused-ring (bicyclic) bond motifs is 3. The number of alkyl carbamates (subject to hydrolysis) is 1. The van der Waals surface area contributed by atoms with Crippen LogP contribution in [0.4, 0.5) is 9.59 Å². The van der Waals surface area contributed by atoms with Gasteiger partial charge in [-0.25, -0.2) is 18.0 Å². The quantitative estimate of drug-likeness (QED) is 0.352. The predicted molar refractivity (Wildman–Crippen MR) is 193 cm³/mol. The predicted octanol–water partition coefficient (Wildman–Crippen LogP) is 3.51. The van der Waals surface area contributed by atoms with E-state index in [2.05, 4.69) is 21.9 Å². The maximum Gasteiger partial charge on any atom is 0.410 e. The van der Waals surface area contributed by atoms with Gasteiger partial charge in [-0.3, -0.25) is 24.0 Å². The average molecular weight is 752 g/mol. The molecular formula is C38H49N5O9S. The van der Waals surface area contributed by atoms with Crippen molar-refractivity contribution < 1.29 is 41.9 Å². The number of nitrogens with zero attached hydrogens (tertiary/aromatic N) is 2. The molecule has 3 saturated carbocycles. The van der Waals surface area contributed by atoms with Crippen LogP contribution in [-0.4, -0.2) is 90.3 Å². The largest absolute Gasteiger partial charge is 0.449 e. The van der Waals surface area contributed by atoms with Crippen LogP contribution in [0.2, 0.25) is 0 Å². The number of sulfonamides is 1. The summed E-state index contributed by atoms with van der Waals surface area (Å²) < 4.78 is 39.2. The van der Waals surface area contributed by atoms with Crippen LogP contribution in [0.5, 0.6) is 0 Å². The van der Waals surface area contributed by atoms with Crippen molar-refractivity contribution in [2.45, 2.75) is 114 Å². The number of allylic oxidation sites excluding steroid dienone is 1. The Hall–Kier alpha value is -4.40. The number of carbonyl (C=O) groups excluding carboxylic acids is 5. The van der Waals surface area contributed by atoms with E-state index in [1.54, 1.807) is 4.90 Å². The number of carbonyl (C=O) groups is 5. The fraction of sp³-hybridized carbons (Fsp3) is 0.605. The van der Waals surface area contributed by atoms with Crippen molar-refractivity contribution in [2.75, 3.05) is 13.2 Å². The molecular weight excluding hydrogens is 703 g/mol. The number of amides is 5. The second-order valence-electron chi connectivity index (χ2n) is 16.3. The van der Waals surface area contributed by atoms with Crippen molar-refractivity contribution in [3.8, 4) is 0 Å². The number of ether oxygens (including phenoxy) is 2. The van der Waals surface area contributed by atoms with Gasteiger partial charge in [0.15, 0.2) is 0 Å². The summed E-state index contributed by atoms with van der Waals surface area (Å²) in [6.07, 6.45) is 8.04. The van der Waals surface area contributed by atoms with Gasteiger partial charge in [0.1, 0.15) is 23.7 Å². The third kappa shape index (κ3) is 7.67. The van der Waals surface area contributed by atoms with E-state index < -0.39 is 80.2 Å². The highest BCUT2D eigenvalue weighted by atomic mass is 32.2. The molecule has 4 fully saturated rings. The van der Waals surface area contributed by atoms with Crippen molar-refractivity contribution in [2.24, 2.45) is 17.3 Å². The molecule has 7 rings (SSSR count). The Kier molecular flexibility index (Phi) is 9.83. The smallest absolute Gasteiger partial charge is 0.410 e. The van der Waals surface area contributed by atoms with E-state index in [1.807, 2.05) is 44.2 Å². The summed E-state index contributed by atoms with van der Waals surface area (Å²) in [5, 5.41) is 4.94. The Labute approximate surface area is 310 Å². The van der Waals surface area contributed by atoms with Crippen LogP contribution in [0.15, 0.2) is 36.9 Å². The fourth-order valence-corrected chi connectivity index (χ4v) is 9.55. The summed E-state index contributed by atoms with van der Waals surface area (Å²) in [6, 6.07) is 3.70. The molecule has 5 amide bonds. The third-order valence-corrected chi connectivity index (χ3v) is 13.4. The molecule has 0 unspecified atom stereocenters. The molecule has 53 heavy (non-hydrogen) atoms. The maximum atomic E-state index is 14.6. The minimum absolute atomic E-state index is 0.0645. The highest BCUT2D eigenvalue weighted by Crippen LogP contribution is 2.45. The Morgan fingerprint density at radius 1 is 1.08 bits per heavy atom. The minimum Gasteiger partial charge on any atom is -0.449 e. The second-order valence-corrected chi connectivity index (χ2v) is 18.2. The molecule has 4 bridgehead atoms. The van der Waals surface area contributed by atoms with Gasteiger partial charge in [-0.05, 0) is 61.1 Å². The summed E-state index contributed by atoms with van der Waals surface area (Å²) in [5.41, 5.74) is 0.976. The van der Waals surface area contributed by atoms with Gasteiger partial charge in [0.2, 0.25) is 21.8 Å². The van der Waals surface area contributed by atoms with E-state index in [0.29, 0.717) is 45.2 Å². The molecule has 3 aliphatic carbocycles. The molecule has 0 spiro atoms. The standard InChI is InChI=1S/C38H49N5O9S/c1-4-26-18-38(26,34(46)41-53(49,50)28-14-15-28)40-32(44)30-17-27-20-43(30)33(45)31(24-9-5-6-10-24)39-35(47)51-22-37(2,3)16-8-13-23-11-7-12-25-19-42(21-29(23)25)36(48)52-27/h4,7-8,11-13,24,26-28,30-31H,1,5-6,9-10,14-22H2,2-3H3,(H,39,47)(H,40,44)(H,41,46)/b13-8+/t26-,27+,30-,31-,38+/m0/s1. The van der Waals surface area contributed by atoms with E-state index in [-0.39, 0.29) is 31.9 Å². The molecule has 3 aliphatic heterocycles. The normalized spacial score (nSPS) is 30.9.